The number of fused-ring (bicyclic) bond motifs is 1. The Morgan fingerprint density at radius 2 is 2.17 bits per heavy atom. The van der Waals surface area contributed by atoms with E-state index in [1.807, 2.05) is 25.7 Å². The second-order valence-corrected chi connectivity index (χ2v) is 9.18. The summed E-state index contributed by atoms with van der Waals surface area (Å²) in [6.07, 6.45) is 7.65. The molecule has 1 aliphatic rings. The lowest BCUT2D eigenvalue weighted by molar-refractivity contribution is 0.0677. The van der Waals surface area contributed by atoms with Crippen molar-refractivity contribution >= 4 is 27.5 Å². The first-order chi connectivity index (χ1) is 13.9. The van der Waals surface area contributed by atoms with Gasteiger partial charge in [-0.15, -0.1) is 11.3 Å². The van der Waals surface area contributed by atoms with Gasteiger partial charge in [-0.1, -0.05) is 6.92 Å². The highest BCUT2D eigenvalue weighted by molar-refractivity contribution is 7.18. The van der Waals surface area contributed by atoms with Gasteiger partial charge in [0.25, 0.3) is 11.5 Å². The Morgan fingerprint density at radius 1 is 1.38 bits per heavy atom. The fraction of sp³-hybridized carbons (Fsp3) is 0.524. The van der Waals surface area contributed by atoms with Gasteiger partial charge < -0.3 is 4.90 Å². The molecule has 0 aliphatic carbocycles. The predicted molar refractivity (Wildman–Crippen MR) is 115 cm³/mol. The molecule has 4 heterocycles. The van der Waals surface area contributed by atoms with Crippen LogP contribution < -0.4 is 5.56 Å². The Labute approximate surface area is 174 Å². The van der Waals surface area contributed by atoms with Crippen LogP contribution in [0.15, 0.2) is 23.5 Å². The topological polar surface area (TPSA) is 73.0 Å². The standard InChI is InChI=1S/C21H27N5O2S/c1-5-17-14(4)29-19-18(17)21(28)25(12-22-19)16-7-6-8-24(11-16)20(27)15-9-23-26(10-15)13(2)3/h9-10,12-13,16H,5-8,11H2,1-4H3. The van der Waals surface area contributed by atoms with Gasteiger partial charge in [-0.05, 0) is 45.6 Å². The zero-order chi connectivity index (χ0) is 20.7. The van der Waals surface area contributed by atoms with Crippen LogP contribution in [0.4, 0.5) is 0 Å². The van der Waals surface area contributed by atoms with Gasteiger partial charge in [-0.3, -0.25) is 18.8 Å². The molecule has 1 aliphatic heterocycles. The van der Waals surface area contributed by atoms with Crippen molar-refractivity contribution in [3.05, 3.63) is 45.1 Å². The van der Waals surface area contributed by atoms with Crippen molar-refractivity contribution in [2.75, 3.05) is 13.1 Å². The minimum Gasteiger partial charge on any atom is -0.336 e. The van der Waals surface area contributed by atoms with Crippen molar-refractivity contribution in [2.45, 2.75) is 59.0 Å². The summed E-state index contributed by atoms with van der Waals surface area (Å²) in [6, 6.07) is 0.158. The Hall–Kier alpha value is -2.48. The normalized spacial score (nSPS) is 17.4. The second-order valence-electron chi connectivity index (χ2n) is 7.98. The SMILES string of the molecule is CCc1c(C)sc2ncn(C3CCCN(C(=O)c4cnn(C(C)C)c4)C3)c(=O)c12. The highest BCUT2D eigenvalue weighted by Crippen LogP contribution is 2.28. The molecule has 1 saturated heterocycles. The minimum absolute atomic E-state index is 0.0168. The third-order valence-electron chi connectivity index (χ3n) is 5.75. The number of thiophene rings is 1. The number of nitrogens with zero attached hydrogens (tertiary/aromatic N) is 5. The van der Waals surface area contributed by atoms with E-state index in [1.165, 1.54) is 0 Å². The first-order valence-corrected chi connectivity index (χ1v) is 11.0. The van der Waals surface area contributed by atoms with Gasteiger partial charge in [-0.2, -0.15) is 5.10 Å². The van der Waals surface area contributed by atoms with Gasteiger partial charge >= 0.3 is 0 Å². The monoisotopic (exact) mass is 413 g/mol. The van der Waals surface area contributed by atoms with Gasteiger partial charge in [0.15, 0.2) is 0 Å². The molecular weight excluding hydrogens is 386 g/mol. The first kappa shape index (κ1) is 19.8. The molecule has 3 aromatic heterocycles. The molecule has 0 spiro atoms. The third kappa shape index (κ3) is 3.50. The fourth-order valence-corrected chi connectivity index (χ4v) is 5.21. The molecule has 1 fully saturated rings. The summed E-state index contributed by atoms with van der Waals surface area (Å²) >= 11 is 1.58. The van der Waals surface area contributed by atoms with Crippen LogP contribution in [0, 0.1) is 6.92 Å². The van der Waals surface area contributed by atoms with Crippen molar-refractivity contribution in [1.82, 2.24) is 24.2 Å². The van der Waals surface area contributed by atoms with Crippen molar-refractivity contribution in [3.8, 4) is 0 Å². The smallest absolute Gasteiger partial charge is 0.262 e. The number of amides is 1. The highest BCUT2D eigenvalue weighted by Gasteiger charge is 2.28. The van der Waals surface area contributed by atoms with Crippen molar-refractivity contribution in [2.24, 2.45) is 0 Å². The maximum absolute atomic E-state index is 13.3. The van der Waals surface area contributed by atoms with Gasteiger partial charge in [-0.25, -0.2) is 4.98 Å². The number of rotatable bonds is 4. The zero-order valence-electron chi connectivity index (χ0n) is 17.4. The summed E-state index contributed by atoms with van der Waals surface area (Å²) in [7, 11) is 0. The summed E-state index contributed by atoms with van der Waals surface area (Å²) in [6.45, 7) is 9.40. The average molecular weight is 414 g/mol. The highest BCUT2D eigenvalue weighted by atomic mass is 32.1. The van der Waals surface area contributed by atoms with E-state index in [1.54, 1.807) is 39.3 Å². The Bertz CT molecular complexity index is 1110. The maximum atomic E-state index is 13.3. The van der Waals surface area contributed by atoms with Crippen LogP contribution in [-0.2, 0) is 6.42 Å². The van der Waals surface area contributed by atoms with Crippen molar-refractivity contribution < 1.29 is 4.79 Å². The lowest BCUT2D eigenvalue weighted by Gasteiger charge is -2.33. The Kier molecular flexibility index (Phi) is 5.29. The van der Waals surface area contributed by atoms with Gasteiger partial charge in [0.1, 0.15) is 4.83 Å². The number of likely N-dealkylation sites (tertiary alicyclic amines) is 1. The van der Waals surface area contributed by atoms with Crippen LogP contribution in [0.1, 0.15) is 66.5 Å². The van der Waals surface area contributed by atoms with E-state index in [0.717, 1.165) is 39.9 Å². The summed E-state index contributed by atoms with van der Waals surface area (Å²) in [5.41, 5.74) is 1.71. The molecule has 3 aromatic rings. The molecule has 154 valence electrons. The van der Waals surface area contributed by atoms with E-state index >= 15 is 0 Å². The van der Waals surface area contributed by atoms with Crippen LogP contribution in [0.5, 0.6) is 0 Å². The molecule has 4 rings (SSSR count). The van der Waals surface area contributed by atoms with E-state index in [4.69, 9.17) is 0 Å². The Morgan fingerprint density at radius 3 is 2.86 bits per heavy atom. The number of piperidine rings is 1. The zero-order valence-corrected chi connectivity index (χ0v) is 18.2. The largest absolute Gasteiger partial charge is 0.336 e. The summed E-state index contributed by atoms with van der Waals surface area (Å²) < 4.78 is 3.53. The van der Waals surface area contributed by atoms with E-state index in [0.29, 0.717) is 18.7 Å². The quantitative estimate of drug-likeness (QED) is 0.655. The van der Waals surface area contributed by atoms with Crippen LogP contribution in [0.3, 0.4) is 0 Å². The van der Waals surface area contributed by atoms with Crippen LogP contribution in [-0.4, -0.2) is 43.2 Å². The van der Waals surface area contributed by atoms with Crippen LogP contribution in [0.2, 0.25) is 0 Å². The molecule has 8 heteroatoms. The number of hydrogen-bond acceptors (Lipinski definition) is 5. The molecule has 0 aromatic carbocycles. The van der Waals surface area contributed by atoms with Gasteiger partial charge in [0.2, 0.25) is 0 Å². The maximum Gasteiger partial charge on any atom is 0.262 e. The molecule has 0 saturated carbocycles. The molecule has 29 heavy (non-hydrogen) atoms. The van der Waals surface area contributed by atoms with Crippen molar-refractivity contribution in [3.63, 3.8) is 0 Å². The van der Waals surface area contributed by atoms with Crippen LogP contribution >= 0.6 is 11.3 Å². The fourth-order valence-electron chi connectivity index (χ4n) is 4.14. The first-order valence-electron chi connectivity index (χ1n) is 10.2. The minimum atomic E-state index is -0.0536. The molecular formula is C21H27N5O2S. The lowest BCUT2D eigenvalue weighted by atomic mass is 10.0. The number of aryl methyl sites for hydroxylation is 2. The molecule has 1 amide bonds. The molecule has 0 radical (unpaired) electrons. The number of carbonyl (C=O) groups is 1. The molecule has 7 nitrogen and oxygen atoms in total. The van der Waals surface area contributed by atoms with Gasteiger partial charge in [0.05, 0.1) is 29.5 Å². The number of carbonyl (C=O) groups excluding carboxylic acids is 1. The van der Waals surface area contributed by atoms with E-state index < -0.39 is 0 Å². The molecule has 0 bridgehead atoms. The average Bonchev–Trinajstić information content (AvgIpc) is 3.32. The predicted octanol–water partition coefficient (Wildman–Crippen LogP) is 3.58. The number of aromatic nitrogens is 4. The Balaban J connectivity index is 1.62. The summed E-state index contributed by atoms with van der Waals surface area (Å²) in [4.78, 5) is 34.6. The number of hydrogen-bond donors (Lipinski definition) is 0. The molecule has 1 atom stereocenters. The summed E-state index contributed by atoms with van der Waals surface area (Å²) in [5.74, 6) is -0.0238. The van der Waals surface area contributed by atoms with E-state index in [-0.39, 0.29) is 23.6 Å². The second kappa shape index (κ2) is 7.74. The van der Waals surface area contributed by atoms with E-state index in [2.05, 4.69) is 17.0 Å². The van der Waals surface area contributed by atoms with E-state index in [9.17, 15) is 9.59 Å². The summed E-state index contributed by atoms with van der Waals surface area (Å²) in [5, 5.41) is 5.03. The van der Waals surface area contributed by atoms with Crippen LogP contribution in [0.25, 0.3) is 10.2 Å². The lowest BCUT2D eigenvalue weighted by Crippen LogP contribution is -2.42. The van der Waals surface area contributed by atoms with Gasteiger partial charge in [0, 0.05) is 30.2 Å². The van der Waals surface area contributed by atoms with Crippen molar-refractivity contribution in [1.29, 1.82) is 0 Å². The third-order valence-corrected chi connectivity index (χ3v) is 6.80. The molecule has 1 unspecified atom stereocenters. The molecule has 0 N–H and O–H groups in total.